The molecule has 0 bridgehead atoms. The number of halogens is 1. The van der Waals surface area contributed by atoms with Crippen LogP contribution in [0.15, 0.2) is 30.6 Å². The summed E-state index contributed by atoms with van der Waals surface area (Å²) < 4.78 is 18.1. The van der Waals surface area contributed by atoms with Crippen molar-refractivity contribution in [3.63, 3.8) is 0 Å². The molecule has 2 fully saturated rings. The quantitative estimate of drug-likeness (QED) is 0.515. The summed E-state index contributed by atoms with van der Waals surface area (Å²) in [6, 6.07) is 7.72. The van der Waals surface area contributed by atoms with Crippen LogP contribution in [0, 0.1) is 11.3 Å². The average Bonchev–Trinajstić information content (AvgIpc) is 3.17. The smallest absolute Gasteiger partial charge is 0.132 e. The average molecular weight is 401 g/mol. The van der Waals surface area contributed by atoms with Crippen molar-refractivity contribution in [1.29, 1.82) is 5.26 Å². The topological polar surface area (TPSA) is 85.2 Å². The van der Waals surface area contributed by atoms with Crippen molar-refractivity contribution in [2.24, 2.45) is 0 Å². The second kappa shape index (κ2) is 6.59. The zero-order valence-electron chi connectivity index (χ0n) is 16.4. The summed E-state index contributed by atoms with van der Waals surface area (Å²) in [7, 11) is 0. The first-order valence-corrected chi connectivity index (χ1v) is 10.4. The van der Waals surface area contributed by atoms with E-state index in [1.54, 1.807) is 12.3 Å². The van der Waals surface area contributed by atoms with E-state index >= 15 is 0 Å². The Morgan fingerprint density at radius 2 is 2.07 bits per heavy atom. The molecule has 1 aromatic carbocycles. The van der Waals surface area contributed by atoms with Gasteiger partial charge in [0.15, 0.2) is 0 Å². The SMILES string of the molecule is N#Cc1ccc2ncc3nc(Cn4cc(C5CC5)nn4)n([C@H]4CC[C@@H](F)C4)c3c2c1. The number of hydrogen-bond acceptors (Lipinski definition) is 5. The van der Waals surface area contributed by atoms with Crippen molar-refractivity contribution in [2.45, 2.75) is 56.8 Å². The van der Waals surface area contributed by atoms with Crippen LogP contribution in [-0.2, 0) is 6.54 Å². The van der Waals surface area contributed by atoms with E-state index < -0.39 is 6.17 Å². The molecule has 0 unspecified atom stereocenters. The van der Waals surface area contributed by atoms with Crippen LogP contribution in [0.5, 0.6) is 0 Å². The fourth-order valence-electron chi connectivity index (χ4n) is 4.64. The maximum atomic E-state index is 14.1. The third-order valence-electron chi connectivity index (χ3n) is 6.28. The van der Waals surface area contributed by atoms with Crippen LogP contribution in [0.2, 0.25) is 0 Å². The largest absolute Gasteiger partial charge is 0.323 e. The van der Waals surface area contributed by atoms with Crippen LogP contribution in [0.25, 0.3) is 21.9 Å². The molecule has 0 amide bonds. The molecule has 2 saturated carbocycles. The fourth-order valence-corrected chi connectivity index (χ4v) is 4.64. The highest BCUT2D eigenvalue weighted by Crippen LogP contribution is 2.39. The molecule has 8 heteroatoms. The predicted octanol–water partition coefficient (Wildman–Crippen LogP) is 4.04. The van der Waals surface area contributed by atoms with Gasteiger partial charge in [0.05, 0.1) is 34.6 Å². The number of fused-ring (bicyclic) bond motifs is 3. The van der Waals surface area contributed by atoms with Crippen molar-refractivity contribution in [3.8, 4) is 6.07 Å². The van der Waals surface area contributed by atoms with Gasteiger partial charge in [-0.15, -0.1) is 5.10 Å². The Bertz CT molecular complexity index is 1310. The second-order valence-electron chi connectivity index (χ2n) is 8.41. The van der Waals surface area contributed by atoms with E-state index in [1.807, 2.05) is 23.0 Å². The number of imidazole rings is 1. The number of aromatic nitrogens is 6. The Morgan fingerprint density at radius 3 is 2.83 bits per heavy atom. The molecule has 4 aromatic rings. The molecule has 2 aliphatic rings. The molecular formula is C22H20FN7. The third-order valence-corrected chi connectivity index (χ3v) is 6.28. The predicted molar refractivity (Wildman–Crippen MR) is 109 cm³/mol. The van der Waals surface area contributed by atoms with E-state index in [1.165, 1.54) is 12.8 Å². The number of pyridine rings is 1. The monoisotopic (exact) mass is 401 g/mol. The number of hydrogen-bond donors (Lipinski definition) is 0. The lowest BCUT2D eigenvalue weighted by Crippen LogP contribution is -2.14. The molecule has 150 valence electrons. The van der Waals surface area contributed by atoms with E-state index in [-0.39, 0.29) is 6.04 Å². The van der Waals surface area contributed by atoms with Crippen molar-refractivity contribution in [2.75, 3.05) is 0 Å². The van der Waals surface area contributed by atoms with Gasteiger partial charge in [-0.1, -0.05) is 5.21 Å². The number of alkyl halides is 1. The molecule has 7 nitrogen and oxygen atoms in total. The number of benzene rings is 1. The Balaban J connectivity index is 1.53. The summed E-state index contributed by atoms with van der Waals surface area (Å²) in [5.74, 6) is 1.37. The first-order chi connectivity index (χ1) is 14.7. The van der Waals surface area contributed by atoms with E-state index in [9.17, 15) is 9.65 Å². The van der Waals surface area contributed by atoms with Gasteiger partial charge in [0, 0.05) is 23.5 Å². The van der Waals surface area contributed by atoms with Gasteiger partial charge in [0.1, 0.15) is 24.1 Å². The summed E-state index contributed by atoms with van der Waals surface area (Å²) in [5.41, 5.74) is 4.10. The zero-order valence-corrected chi connectivity index (χ0v) is 16.4. The number of nitrogens with zero attached hydrogens (tertiary/aromatic N) is 7. The van der Waals surface area contributed by atoms with E-state index in [0.29, 0.717) is 30.9 Å². The van der Waals surface area contributed by atoms with Crippen LogP contribution < -0.4 is 0 Å². The third kappa shape index (κ3) is 2.84. The van der Waals surface area contributed by atoms with Gasteiger partial charge >= 0.3 is 0 Å². The lowest BCUT2D eigenvalue weighted by molar-refractivity contribution is 0.330. The molecule has 0 radical (unpaired) electrons. The molecule has 30 heavy (non-hydrogen) atoms. The summed E-state index contributed by atoms with van der Waals surface area (Å²) in [6.45, 7) is 0.473. The van der Waals surface area contributed by atoms with E-state index in [2.05, 4.69) is 25.9 Å². The Morgan fingerprint density at radius 1 is 1.17 bits per heavy atom. The molecule has 3 aromatic heterocycles. The molecule has 0 N–H and O–H groups in total. The summed E-state index contributed by atoms with van der Waals surface area (Å²) in [5, 5.41) is 18.9. The Hall–Kier alpha value is -3.34. The fraction of sp³-hybridized carbons (Fsp3) is 0.409. The highest BCUT2D eigenvalue weighted by molar-refractivity contribution is 6.02. The molecule has 3 heterocycles. The van der Waals surface area contributed by atoms with Crippen molar-refractivity contribution in [3.05, 3.63) is 47.7 Å². The van der Waals surface area contributed by atoms with Crippen molar-refractivity contribution >= 4 is 21.9 Å². The van der Waals surface area contributed by atoms with E-state index in [0.717, 1.165) is 39.9 Å². The minimum absolute atomic E-state index is 0.0303. The summed E-state index contributed by atoms with van der Waals surface area (Å²) in [6.07, 6.45) is 7.13. The van der Waals surface area contributed by atoms with Gasteiger partial charge in [-0.25, -0.2) is 14.1 Å². The highest BCUT2D eigenvalue weighted by atomic mass is 19.1. The lowest BCUT2D eigenvalue weighted by atomic mass is 10.1. The Kier molecular flexibility index (Phi) is 3.85. The molecule has 2 atom stereocenters. The minimum Gasteiger partial charge on any atom is -0.323 e. The molecule has 2 aliphatic carbocycles. The normalized spacial score (nSPS) is 21.5. The molecule has 0 spiro atoms. The maximum absolute atomic E-state index is 14.1. The van der Waals surface area contributed by atoms with Gasteiger partial charge < -0.3 is 4.57 Å². The van der Waals surface area contributed by atoms with Crippen LogP contribution in [0.1, 0.15) is 61.1 Å². The van der Waals surface area contributed by atoms with Crippen molar-refractivity contribution in [1.82, 2.24) is 29.5 Å². The van der Waals surface area contributed by atoms with Gasteiger partial charge in [-0.2, -0.15) is 5.26 Å². The molecule has 0 saturated heterocycles. The van der Waals surface area contributed by atoms with Gasteiger partial charge in [0.2, 0.25) is 0 Å². The highest BCUT2D eigenvalue weighted by Gasteiger charge is 2.30. The molecular weight excluding hydrogens is 381 g/mol. The summed E-state index contributed by atoms with van der Waals surface area (Å²) >= 11 is 0. The van der Waals surface area contributed by atoms with Crippen LogP contribution in [0.3, 0.4) is 0 Å². The maximum Gasteiger partial charge on any atom is 0.132 e. The van der Waals surface area contributed by atoms with Crippen LogP contribution in [0.4, 0.5) is 4.39 Å². The van der Waals surface area contributed by atoms with Crippen molar-refractivity contribution < 1.29 is 4.39 Å². The Labute approximate surface area is 172 Å². The van der Waals surface area contributed by atoms with Crippen LogP contribution >= 0.6 is 0 Å². The lowest BCUT2D eigenvalue weighted by Gasteiger charge is -2.17. The van der Waals surface area contributed by atoms with Gasteiger partial charge in [0.25, 0.3) is 0 Å². The number of rotatable bonds is 4. The second-order valence-corrected chi connectivity index (χ2v) is 8.41. The first-order valence-electron chi connectivity index (χ1n) is 10.4. The zero-order chi connectivity index (χ0) is 20.2. The van der Waals surface area contributed by atoms with Crippen LogP contribution in [-0.4, -0.2) is 35.7 Å². The minimum atomic E-state index is -0.795. The standard InChI is InChI=1S/C22H20FN7/c23-15-4-5-16(8-15)30-21(12-29-11-20(27-28-29)14-2-3-14)26-19-10-25-18-6-1-13(9-24)7-17(18)22(19)30/h1,6-7,10-11,14-16H,2-5,8,12H2/t15-,16+/m1/s1. The molecule has 0 aliphatic heterocycles. The first kappa shape index (κ1) is 17.5. The molecule has 6 rings (SSSR count). The van der Waals surface area contributed by atoms with E-state index in [4.69, 9.17) is 4.98 Å². The number of nitriles is 1. The van der Waals surface area contributed by atoms with Gasteiger partial charge in [-0.3, -0.25) is 4.98 Å². The van der Waals surface area contributed by atoms with Gasteiger partial charge in [-0.05, 0) is 50.3 Å². The summed E-state index contributed by atoms with van der Waals surface area (Å²) in [4.78, 5) is 9.39.